The molecule has 1 saturated heterocycles. The Hall–Kier alpha value is -2.21. The number of rotatable bonds is 6. The van der Waals surface area contributed by atoms with Gasteiger partial charge in [-0.1, -0.05) is 17.3 Å². The second kappa shape index (κ2) is 7.78. The van der Waals surface area contributed by atoms with E-state index in [0.29, 0.717) is 19.4 Å². The fraction of sp³-hybridized carbons (Fsp3) is 0.474. The van der Waals surface area contributed by atoms with E-state index in [2.05, 4.69) is 10.5 Å². The summed E-state index contributed by atoms with van der Waals surface area (Å²) in [6, 6.07) is 5.97. The Labute approximate surface area is 146 Å². The third-order valence-electron chi connectivity index (χ3n) is 4.67. The van der Waals surface area contributed by atoms with E-state index < -0.39 is 0 Å². The Bertz CT molecular complexity index is 701. The van der Waals surface area contributed by atoms with Crippen LogP contribution in [0, 0.1) is 19.7 Å². The standard InChI is InChI=1S/C19H23FN2O3/c1-12-16(13(2)25-22-12)9-10-18(23)21-19(17-4-3-11-24-17)14-5-7-15(20)8-6-14/h5-8,17,19H,3-4,9-11H2,1-2H3,(H,21,23)/t17-,19-/m1/s1. The minimum absolute atomic E-state index is 0.0650. The highest BCUT2D eigenvalue weighted by Crippen LogP contribution is 2.27. The Morgan fingerprint density at radius 3 is 2.72 bits per heavy atom. The van der Waals surface area contributed by atoms with Crippen molar-refractivity contribution < 1.29 is 18.4 Å². The van der Waals surface area contributed by atoms with Gasteiger partial charge in [-0.05, 0) is 50.8 Å². The molecule has 1 fully saturated rings. The van der Waals surface area contributed by atoms with Gasteiger partial charge in [0.15, 0.2) is 0 Å². The van der Waals surface area contributed by atoms with Crippen LogP contribution >= 0.6 is 0 Å². The van der Waals surface area contributed by atoms with Crippen molar-refractivity contribution >= 4 is 5.91 Å². The number of benzene rings is 1. The zero-order valence-corrected chi connectivity index (χ0v) is 14.5. The number of nitrogens with one attached hydrogen (secondary N) is 1. The molecule has 5 nitrogen and oxygen atoms in total. The molecule has 1 aromatic carbocycles. The first-order valence-corrected chi connectivity index (χ1v) is 8.63. The van der Waals surface area contributed by atoms with Crippen molar-refractivity contribution in [3.8, 4) is 0 Å². The van der Waals surface area contributed by atoms with Gasteiger partial charge in [0.25, 0.3) is 0 Å². The number of halogens is 1. The number of aryl methyl sites for hydroxylation is 2. The van der Waals surface area contributed by atoms with Gasteiger partial charge >= 0.3 is 0 Å². The molecule has 6 heteroatoms. The second-order valence-electron chi connectivity index (χ2n) is 6.45. The second-order valence-corrected chi connectivity index (χ2v) is 6.45. The molecule has 2 atom stereocenters. The van der Waals surface area contributed by atoms with Gasteiger partial charge in [0.1, 0.15) is 11.6 Å². The summed E-state index contributed by atoms with van der Waals surface area (Å²) in [5.41, 5.74) is 2.66. The van der Waals surface area contributed by atoms with Crippen LogP contribution in [0.15, 0.2) is 28.8 Å². The molecule has 0 radical (unpaired) electrons. The largest absolute Gasteiger partial charge is 0.376 e. The summed E-state index contributed by atoms with van der Waals surface area (Å²) in [6.07, 6.45) is 2.69. The summed E-state index contributed by atoms with van der Waals surface area (Å²) in [5.74, 6) is 0.393. The number of hydrogen-bond donors (Lipinski definition) is 1. The third kappa shape index (κ3) is 4.25. The van der Waals surface area contributed by atoms with Gasteiger partial charge in [-0.2, -0.15) is 0 Å². The average molecular weight is 346 g/mol. The smallest absolute Gasteiger partial charge is 0.220 e. The van der Waals surface area contributed by atoms with Gasteiger partial charge in [-0.25, -0.2) is 4.39 Å². The Morgan fingerprint density at radius 2 is 2.12 bits per heavy atom. The van der Waals surface area contributed by atoms with E-state index in [4.69, 9.17) is 9.26 Å². The molecule has 1 aliphatic rings. The number of carbonyl (C=O) groups is 1. The van der Waals surface area contributed by atoms with Crippen LogP contribution < -0.4 is 5.32 Å². The molecule has 0 spiro atoms. The molecule has 1 aliphatic heterocycles. The quantitative estimate of drug-likeness (QED) is 0.871. The predicted molar refractivity (Wildman–Crippen MR) is 90.6 cm³/mol. The van der Waals surface area contributed by atoms with Crippen LogP contribution in [0.25, 0.3) is 0 Å². The Balaban J connectivity index is 1.67. The van der Waals surface area contributed by atoms with E-state index in [-0.39, 0.29) is 23.9 Å². The van der Waals surface area contributed by atoms with Gasteiger partial charge in [-0.15, -0.1) is 0 Å². The van der Waals surface area contributed by atoms with Gasteiger partial charge < -0.3 is 14.6 Å². The van der Waals surface area contributed by atoms with Crippen LogP contribution in [-0.4, -0.2) is 23.8 Å². The third-order valence-corrected chi connectivity index (χ3v) is 4.67. The molecule has 134 valence electrons. The number of carbonyl (C=O) groups excluding carboxylic acids is 1. The SMILES string of the molecule is Cc1noc(C)c1CCC(=O)N[C@H](c1ccc(F)cc1)[C@H]1CCCO1. The Kier molecular flexibility index (Phi) is 5.48. The lowest BCUT2D eigenvalue weighted by Gasteiger charge is -2.25. The molecule has 1 amide bonds. The van der Waals surface area contributed by atoms with Crippen LogP contribution in [-0.2, 0) is 16.0 Å². The molecular weight excluding hydrogens is 323 g/mol. The number of nitrogens with zero attached hydrogens (tertiary/aromatic N) is 1. The van der Waals surface area contributed by atoms with Crippen molar-refractivity contribution in [1.82, 2.24) is 10.5 Å². The van der Waals surface area contributed by atoms with E-state index in [9.17, 15) is 9.18 Å². The van der Waals surface area contributed by atoms with Crippen molar-refractivity contribution in [3.63, 3.8) is 0 Å². The lowest BCUT2D eigenvalue weighted by molar-refractivity contribution is -0.122. The van der Waals surface area contributed by atoms with Crippen molar-refractivity contribution in [2.24, 2.45) is 0 Å². The molecule has 3 rings (SSSR count). The first-order valence-electron chi connectivity index (χ1n) is 8.63. The molecule has 0 aliphatic carbocycles. The summed E-state index contributed by atoms with van der Waals surface area (Å²) in [5, 5.41) is 6.97. The first kappa shape index (κ1) is 17.6. The van der Waals surface area contributed by atoms with Crippen LogP contribution in [0.1, 0.15) is 47.9 Å². The van der Waals surface area contributed by atoms with E-state index in [1.165, 1.54) is 12.1 Å². The molecule has 2 heterocycles. The van der Waals surface area contributed by atoms with Crippen LogP contribution in [0.3, 0.4) is 0 Å². The summed E-state index contributed by atoms with van der Waals surface area (Å²) in [4.78, 5) is 12.5. The van der Waals surface area contributed by atoms with E-state index in [0.717, 1.165) is 35.4 Å². The molecular formula is C19H23FN2O3. The van der Waals surface area contributed by atoms with Gasteiger partial charge in [0, 0.05) is 18.6 Å². The average Bonchev–Trinajstić information content (AvgIpc) is 3.23. The van der Waals surface area contributed by atoms with Crippen molar-refractivity contribution in [2.45, 2.75) is 51.7 Å². The zero-order valence-electron chi connectivity index (χ0n) is 14.5. The number of hydrogen-bond acceptors (Lipinski definition) is 4. The van der Waals surface area contributed by atoms with Crippen molar-refractivity contribution in [1.29, 1.82) is 0 Å². The number of amides is 1. The maximum Gasteiger partial charge on any atom is 0.220 e. The van der Waals surface area contributed by atoms with E-state index in [1.807, 2.05) is 13.8 Å². The van der Waals surface area contributed by atoms with Gasteiger partial charge in [0.2, 0.25) is 5.91 Å². The highest BCUT2D eigenvalue weighted by Gasteiger charge is 2.28. The fourth-order valence-corrected chi connectivity index (χ4v) is 3.27. The van der Waals surface area contributed by atoms with Crippen molar-refractivity contribution in [2.75, 3.05) is 6.61 Å². The van der Waals surface area contributed by atoms with Crippen molar-refractivity contribution in [3.05, 3.63) is 52.7 Å². The first-order chi connectivity index (χ1) is 12.0. The van der Waals surface area contributed by atoms with E-state index >= 15 is 0 Å². The maximum atomic E-state index is 13.2. The summed E-state index contributed by atoms with van der Waals surface area (Å²) in [7, 11) is 0. The molecule has 0 bridgehead atoms. The molecule has 2 aromatic rings. The minimum atomic E-state index is -0.292. The number of aromatic nitrogens is 1. The van der Waals surface area contributed by atoms with Crippen LogP contribution in [0.4, 0.5) is 4.39 Å². The normalized spacial score (nSPS) is 18.3. The summed E-state index contributed by atoms with van der Waals surface area (Å²) in [6.45, 7) is 4.41. The number of ether oxygens (including phenoxy) is 1. The van der Waals surface area contributed by atoms with Crippen LogP contribution in [0.5, 0.6) is 0 Å². The highest BCUT2D eigenvalue weighted by atomic mass is 19.1. The summed E-state index contributed by atoms with van der Waals surface area (Å²) < 4.78 is 24.1. The topological polar surface area (TPSA) is 64.4 Å². The molecule has 0 unspecified atom stereocenters. The monoisotopic (exact) mass is 346 g/mol. The molecule has 25 heavy (non-hydrogen) atoms. The maximum absolute atomic E-state index is 13.2. The Morgan fingerprint density at radius 1 is 1.36 bits per heavy atom. The molecule has 1 aromatic heterocycles. The molecule has 0 saturated carbocycles. The lowest BCUT2D eigenvalue weighted by Crippen LogP contribution is -2.36. The highest BCUT2D eigenvalue weighted by molar-refractivity contribution is 5.76. The predicted octanol–water partition coefficient (Wildman–Crippen LogP) is 3.40. The molecule has 1 N–H and O–H groups in total. The van der Waals surface area contributed by atoms with Gasteiger partial charge in [-0.3, -0.25) is 4.79 Å². The van der Waals surface area contributed by atoms with Crippen LogP contribution in [0.2, 0.25) is 0 Å². The van der Waals surface area contributed by atoms with E-state index in [1.54, 1.807) is 12.1 Å². The lowest BCUT2D eigenvalue weighted by atomic mass is 9.98. The fourth-order valence-electron chi connectivity index (χ4n) is 3.27. The minimum Gasteiger partial charge on any atom is -0.376 e. The van der Waals surface area contributed by atoms with Gasteiger partial charge in [0.05, 0.1) is 17.8 Å². The summed E-state index contributed by atoms with van der Waals surface area (Å²) >= 11 is 0. The zero-order chi connectivity index (χ0) is 17.8.